The normalized spacial score (nSPS) is 11.7. The molecule has 2 nitrogen and oxygen atoms in total. The summed E-state index contributed by atoms with van der Waals surface area (Å²) in [6.45, 7) is 6.95. The van der Waals surface area contributed by atoms with E-state index in [4.69, 9.17) is 0 Å². The number of rotatable bonds is 5. The molecule has 12 heavy (non-hydrogen) atoms. The number of unbranched alkanes of at least 4 members (excludes halogenated alkanes) is 1. The molecule has 0 aromatic heterocycles. The summed E-state index contributed by atoms with van der Waals surface area (Å²) >= 11 is 0. The first kappa shape index (κ1) is 11.6. The van der Waals surface area contributed by atoms with Gasteiger partial charge in [0.2, 0.25) is 0 Å². The van der Waals surface area contributed by atoms with Gasteiger partial charge in [0.15, 0.2) is 0 Å². The Morgan fingerprint density at radius 3 is 2.25 bits per heavy atom. The molecular formula is C10H21NO. The molecule has 0 bridgehead atoms. The van der Waals surface area contributed by atoms with Crippen molar-refractivity contribution in [2.45, 2.75) is 40.0 Å². The highest BCUT2D eigenvalue weighted by Crippen LogP contribution is 2.17. The number of hydrogen-bond acceptors (Lipinski definition) is 2. The van der Waals surface area contributed by atoms with Gasteiger partial charge in [0.25, 0.3) is 0 Å². The second kappa shape index (κ2) is 5.31. The van der Waals surface area contributed by atoms with Crippen molar-refractivity contribution < 1.29 is 4.79 Å². The third-order valence-electron chi connectivity index (χ3n) is 1.92. The van der Waals surface area contributed by atoms with Crippen LogP contribution < -0.4 is 5.32 Å². The number of nitrogens with one attached hydrogen (secondary N) is 1. The molecule has 0 aliphatic carbocycles. The fraction of sp³-hybridized carbons (Fsp3) is 0.900. The predicted molar refractivity (Wildman–Crippen MR) is 52.2 cm³/mol. The summed E-state index contributed by atoms with van der Waals surface area (Å²) in [6.07, 6.45) is 2.83. The average molecular weight is 171 g/mol. The van der Waals surface area contributed by atoms with Gasteiger partial charge in [-0.1, -0.05) is 20.8 Å². The topological polar surface area (TPSA) is 29.1 Å². The van der Waals surface area contributed by atoms with Crippen LogP contribution in [0.5, 0.6) is 0 Å². The molecule has 0 saturated carbocycles. The number of carbonyl (C=O) groups excluding carboxylic acids is 1. The quantitative estimate of drug-likeness (QED) is 0.641. The van der Waals surface area contributed by atoms with Crippen LogP contribution in [0.4, 0.5) is 0 Å². The Morgan fingerprint density at radius 2 is 1.83 bits per heavy atom. The maximum absolute atomic E-state index is 11.4. The van der Waals surface area contributed by atoms with Crippen molar-refractivity contribution in [3.05, 3.63) is 0 Å². The molecule has 0 radical (unpaired) electrons. The lowest BCUT2D eigenvalue weighted by Gasteiger charge is -2.15. The highest BCUT2D eigenvalue weighted by molar-refractivity contribution is 5.83. The molecule has 0 amide bonds. The molecule has 0 atom stereocenters. The Labute approximate surface area is 75.7 Å². The molecule has 0 unspecified atom stereocenters. The molecular weight excluding hydrogens is 150 g/mol. The zero-order valence-corrected chi connectivity index (χ0v) is 8.74. The SMILES string of the molecule is CNCCCCC(=O)C(C)(C)C. The van der Waals surface area contributed by atoms with Crippen LogP contribution >= 0.6 is 0 Å². The molecule has 0 saturated heterocycles. The monoisotopic (exact) mass is 171 g/mol. The molecule has 2 heteroatoms. The van der Waals surface area contributed by atoms with Gasteiger partial charge in [-0.25, -0.2) is 0 Å². The number of hydrogen-bond donors (Lipinski definition) is 1. The first-order chi connectivity index (χ1) is 5.48. The number of Topliss-reactive ketones (excluding diaryl/α,β-unsaturated/α-hetero) is 1. The summed E-state index contributed by atoms with van der Waals surface area (Å²) in [5, 5.41) is 3.07. The minimum absolute atomic E-state index is 0.153. The van der Waals surface area contributed by atoms with Gasteiger partial charge < -0.3 is 5.32 Å². The van der Waals surface area contributed by atoms with Gasteiger partial charge in [-0.05, 0) is 26.4 Å². The lowest BCUT2D eigenvalue weighted by atomic mass is 9.88. The van der Waals surface area contributed by atoms with Crippen LogP contribution in [0.2, 0.25) is 0 Å². The van der Waals surface area contributed by atoms with Crippen molar-refractivity contribution >= 4 is 5.78 Å². The lowest BCUT2D eigenvalue weighted by molar-refractivity contribution is -0.126. The van der Waals surface area contributed by atoms with Crippen molar-refractivity contribution in [2.24, 2.45) is 5.41 Å². The lowest BCUT2D eigenvalue weighted by Crippen LogP contribution is -2.20. The second-order valence-electron chi connectivity index (χ2n) is 4.23. The first-order valence-electron chi connectivity index (χ1n) is 4.66. The molecule has 72 valence electrons. The Hall–Kier alpha value is -0.370. The minimum atomic E-state index is -0.153. The molecule has 0 aromatic rings. The van der Waals surface area contributed by atoms with Crippen molar-refractivity contribution in [3.8, 4) is 0 Å². The van der Waals surface area contributed by atoms with Gasteiger partial charge in [0.05, 0.1) is 0 Å². The van der Waals surface area contributed by atoms with Gasteiger partial charge in [-0.3, -0.25) is 4.79 Å². The van der Waals surface area contributed by atoms with E-state index >= 15 is 0 Å². The fourth-order valence-corrected chi connectivity index (χ4v) is 0.962. The largest absolute Gasteiger partial charge is 0.320 e. The smallest absolute Gasteiger partial charge is 0.138 e. The van der Waals surface area contributed by atoms with Crippen molar-refractivity contribution in [3.63, 3.8) is 0 Å². The van der Waals surface area contributed by atoms with Crippen molar-refractivity contribution in [1.82, 2.24) is 5.32 Å². The van der Waals surface area contributed by atoms with Crippen LogP contribution in [0, 0.1) is 5.41 Å². The maximum atomic E-state index is 11.4. The van der Waals surface area contributed by atoms with Crippen LogP contribution in [0.15, 0.2) is 0 Å². The molecule has 0 fully saturated rings. The molecule has 1 N–H and O–H groups in total. The van der Waals surface area contributed by atoms with Crippen LogP contribution in [0.1, 0.15) is 40.0 Å². The summed E-state index contributed by atoms with van der Waals surface area (Å²) < 4.78 is 0. The van der Waals surface area contributed by atoms with Crippen molar-refractivity contribution in [2.75, 3.05) is 13.6 Å². The van der Waals surface area contributed by atoms with E-state index < -0.39 is 0 Å². The number of ketones is 1. The van der Waals surface area contributed by atoms with E-state index in [1.54, 1.807) is 0 Å². The van der Waals surface area contributed by atoms with E-state index in [-0.39, 0.29) is 5.41 Å². The number of carbonyl (C=O) groups is 1. The van der Waals surface area contributed by atoms with E-state index in [9.17, 15) is 4.79 Å². The molecule has 0 aliphatic heterocycles. The first-order valence-corrected chi connectivity index (χ1v) is 4.66. The summed E-state index contributed by atoms with van der Waals surface area (Å²) in [5.74, 6) is 0.374. The highest BCUT2D eigenvalue weighted by Gasteiger charge is 2.19. The predicted octanol–water partition coefficient (Wildman–Crippen LogP) is 1.99. The van der Waals surface area contributed by atoms with E-state index in [1.165, 1.54) is 0 Å². The molecule has 0 rings (SSSR count). The Bertz CT molecular complexity index is 135. The van der Waals surface area contributed by atoms with Crippen LogP contribution in [-0.2, 0) is 4.79 Å². The van der Waals surface area contributed by atoms with Gasteiger partial charge in [0, 0.05) is 11.8 Å². The average Bonchev–Trinajstić information content (AvgIpc) is 1.96. The molecule has 0 heterocycles. The van der Waals surface area contributed by atoms with Crippen LogP contribution in [0.3, 0.4) is 0 Å². The van der Waals surface area contributed by atoms with Crippen LogP contribution in [-0.4, -0.2) is 19.4 Å². The second-order valence-corrected chi connectivity index (χ2v) is 4.23. The van der Waals surface area contributed by atoms with Crippen molar-refractivity contribution in [1.29, 1.82) is 0 Å². The third kappa shape index (κ3) is 5.30. The Balaban J connectivity index is 3.45. The Kier molecular flexibility index (Phi) is 5.14. The zero-order valence-electron chi connectivity index (χ0n) is 8.74. The third-order valence-corrected chi connectivity index (χ3v) is 1.92. The van der Waals surface area contributed by atoms with E-state index in [1.807, 2.05) is 27.8 Å². The zero-order chi connectivity index (χ0) is 9.61. The Morgan fingerprint density at radius 1 is 1.25 bits per heavy atom. The summed E-state index contributed by atoms with van der Waals surface area (Å²) in [4.78, 5) is 11.4. The molecule has 0 aromatic carbocycles. The fourth-order valence-electron chi connectivity index (χ4n) is 0.962. The summed E-state index contributed by atoms with van der Waals surface area (Å²) in [5.41, 5.74) is -0.153. The van der Waals surface area contributed by atoms with Crippen LogP contribution in [0.25, 0.3) is 0 Å². The van der Waals surface area contributed by atoms with E-state index in [0.29, 0.717) is 5.78 Å². The summed E-state index contributed by atoms with van der Waals surface area (Å²) in [6, 6.07) is 0. The molecule has 0 spiro atoms. The van der Waals surface area contributed by atoms with E-state index in [2.05, 4.69) is 5.32 Å². The minimum Gasteiger partial charge on any atom is -0.320 e. The maximum Gasteiger partial charge on any atom is 0.138 e. The van der Waals surface area contributed by atoms with Gasteiger partial charge >= 0.3 is 0 Å². The molecule has 0 aliphatic rings. The standard InChI is InChI=1S/C10H21NO/c1-10(2,3)9(12)7-5-6-8-11-4/h11H,5-8H2,1-4H3. The van der Waals surface area contributed by atoms with Gasteiger partial charge in [0.1, 0.15) is 5.78 Å². The highest BCUT2D eigenvalue weighted by atomic mass is 16.1. The summed E-state index contributed by atoms with van der Waals surface area (Å²) in [7, 11) is 1.94. The van der Waals surface area contributed by atoms with E-state index in [0.717, 1.165) is 25.8 Å². The van der Waals surface area contributed by atoms with Gasteiger partial charge in [-0.15, -0.1) is 0 Å². The van der Waals surface area contributed by atoms with Gasteiger partial charge in [-0.2, -0.15) is 0 Å².